The Kier molecular flexibility index (Phi) is 8.02. The fraction of sp³-hybridized carbons (Fsp3) is 0.167. The summed E-state index contributed by atoms with van der Waals surface area (Å²) < 4.78 is 5.50. The molecular weight excluding hydrogens is 427 g/mol. The Balaban J connectivity index is 2.16. The number of rotatable bonds is 8. The van der Waals surface area contributed by atoms with Crippen LogP contribution in [0.15, 0.2) is 72.8 Å². The molecule has 0 atom stereocenters. The van der Waals surface area contributed by atoms with Crippen molar-refractivity contribution in [1.29, 1.82) is 0 Å². The van der Waals surface area contributed by atoms with E-state index in [0.717, 1.165) is 27.8 Å². The van der Waals surface area contributed by atoms with Crippen molar-refractivity contribution in [3.8, 4) is 5.75 Å². The molecule has 0 aliphatic carbocycles. The van der Waals surface area contributed by atoms with Crippen LogP contribution in [0, 0.1) is 0 Å². The Morgan fingerprint density at radius 3 is 1.69 bits per heavy atom. The number of ether oxygens (including phenoxy) is 1. The van der Waals surface area contributed by atoms with E-state index in [0.29, 0.717) is 28.1 Å². The summed E-state index contributed by atoms with van der Waals surface area (Å²) in [7, 11) is 0. The Morgan fingerprint density at radius 1 is 0.724 bits per heavy atom. The van der Waals surface area contributed by atoms with Gasteiger partial charge in [0.15, 0.2) is 0 Å². The quantitative estimate of drug-likeness (QED) is 0.299. The molecule has 0 aromatic heterocycles. The van der Waals surface area contributed by atoms with E-state index in [4.69, 9.17) is 44.6 Å². The Hall–Kier alpha value is -1.97. The molecular formula is C24H21Cl3O2. The SMILES string of the molecule is OCCOc1ccc(/C(=C(\CCCl)c2ccc(Cl)cc2)c2ccc(Cl)cc2)cc1. The van der Waals surface area contributed by atoms with Gasteiger partial charge in [-0.15, -0.1) is 11.6 Å². The van der Waals surface area contributed by atoms with E-state index in [-0.39, 0.29) is 13.2 Å². The molecule has 0 bridgehead atoms. The molecule has 3 rings (SSSR count). The van der Waals surface area contributed by atoms with Crippen molar-refractivity contribution in [3.05, 3.63) is 99.5 Å². The average Bonchev–Trinajstić information content (AvgIpc) is 2.74. The highest BCUT2D eigenvalue weighted by Gasteiger charge is 2.14. The van der Waals surface area contributed by atoms with Gasteiger partial charge in [0.05, 0.1) is 6.61 Å². The molecule has 0 fully saturated rings. The van der Waals surface area contributed by atoms with Crippen LogP contribution in [0.3, 0.4) is 0 Å². The predicted molar refractivity (Wildman–Crippen MR) is 123 cm³/mol. The van der Waals surface area contributed by atoms with E-state index in [2.05, 4.69) is 0 Å². The Morgan fingerprint density at radius 2 is 1.21 bits per heavy atom. The van der Waals surface area contributed by atoms with Crippen molar-refractivity contribution in [3.63, 3.8) is 0 Å². The maximum atomic E-state index is 8.95. The van der Waals surface area contributed by atoms with Gasteiger partial charge < -0.3 is 9.84 Å². The topological polar surface area (TPSA) is 29.5 Å². The second kappa shape index (κ2) is 10.7. The Labute approximate surface area is 186 Å². The van der Waals surface area contributed by atoms with E-state index in [1.807, 2.05) is 72.8 Å². The maximum absolute atomic E-state index is 8.95. The first-order valence-corrected chi connectivity index (χ1v) is 10.6. The molecule has 2 nitrogen and oxygen atoms in total. The molecule has 0 heterocycles. The molecule has 3 aromatic carbocycles. The normalized spacial score (nSPS) is 11.9. The largest absolute Gasteiger partial charge is 0.491 e. The minimum absolute atomic E-state index is 0.0197. The van der Waals surface area contributed by atoms with Crippen molar-refractivity contribution in [2.45, 2.75) is 6.42 Å². The van der Waals surface area contributed by atoms with Crippen LogP contribution in [0.5, 0.6) is 5.75 Å². The molecule has 3 aromatic rings. The van der Waals surface area contributed by atoms with Crippen molar-refractivity contribution >= 4 is 45.9 Å². The van der Waals surface area contributed by atoms with E-state index in [1.54, 1.807) is 0 Å². The van der Waals surface area contributed by atoms with Gasteiger partial charge in [0.25, 0.3) is 0 Å². The van der Waals surface area contributed by atoms with Crippen molar-refractivity contribution in [2.75, 3.05) is 19.1 Å². The van der Waals surface area contributed by atoms with Crippen LogP contribution in [0.1, 0.15) is 23.1 Å². The molecule has 0 aliphatic rings. The molecule has 0 unspecified atom stereocenters. The highest BCUT2D eigenvalue weighted by Crippen LogP contribution is 2.36. The monoisotopic (exact) mass is 446 g/mol. The lowest BCUT2D eigenvalue weighted by Gasteiger charge is -2.17. The summed E-state index contributed by atoms with van der Waals surface area (Å²) in [6.45, 7) is 0.246. The lowest BCUT2D eigenvalue weighted by molar-refractivity contribution is 0.201. The second-order valence-electron chi connectivity index (χ2n) is 6.40. The molecule has 150 valence electrons. The van der Waals surface area contributed by atoms with Crippen LogP contribution in [0.4, 0.5) is 0 Å². The van der Waals surface area contributed by atoms with E-state index < -0.39 is 0 Å². The first-order chi connectivity index (χ1) is 14.1. The van der Waals surface area contributed by atoms with E-state index in [1.165, 1.54) is 0 Å². The third-order valence-electron chi connectivity index (χ3n) is 4.47. The van der Waals surface area contributed by atoms with Gasteiger partial charge in [-0.05, 0) is 70.7 Å². The number of hydrogen-bond acceptors (Lipinski definition) is 2. The molecule has 0 amide bonds. The molecule has 29 heavy (non-hydrogen) atoms. The lowest BCUT2D eigenvalue weighted by atomic mass is 9.88. The number of aliphatic hydroxyl groups is 1. The number of hydrogen-bond donors (Lipinski definition) is 1. The minimum Gasteiger partial charge on any atom is -0.491 e. The standard InChI is InChI=1S/C24H21Cl3O2/c25-14-13-23(17-1-7-20(26)8-2-17)24(18-3-9-21(27)10-4-18)19-5-11-22(12-6-19)29-16-15-28/h1-12,28H,13-16H2/b24-23+. The smallest absolute Gasteiger partial charge is 0.119 e. The summed E-state index contributed by atoms with van der Waals surface area (Å²) >= 11 is 18.4. The van der Waals surface area contributed by atoms with E-state index >= 15 is 0 Å². The van der Waals surface area contributed by atoms with Crippen LogP contribution in [0.25, 0.3) is 11.1 Å². The fourth-order valence-corrected chi connectivity index (χ4v) is 3.61. The van der Waals surface area contributed by atoms with Gasteiger partial charge in [-0.2, -0.15) is 0 Å². The predicted octanol–water partition coefficient (Wildman–Crippen LogP) is 6.95. The first kappa shape index (κ1) is 21.7. The zero-order chi connectivity index (χ0) is 20.6. The second-order valence-corrected chi connectivity index (χ2v) is 7.65. The van der Waals surface area contributed by atoms with Crippen molar-refractivity contribution in [2.24, 2.45) is 0 Å². The zero-order valence-electron chi connectivity index (χ0n) is 15.7. The van der Waals surface area contributed by atoms with E-state index in [9.17, 15) is 0 Å². The number of benzene rings is 3. The van der Waals surface area contributed by atoms with Gasteiger partial charge in [-0.1, -0.05) is 59.6 Å². The molecule has 0 saturated heterocycles. The first-order valence-electron chi connectivity index (χ1n) is 9.27. The van der Waals surface area contributed by atoms with Gasteiger partial charge in [0.2, 0.25) is 0 Å². The summed E-state index contributed by atoms with van der Waals surface area (Å²) in [4.78, 5) is 0. The summed E-state index contributed by atoms with van der Waals surface area (Å²) in [5.41, 5.74) is 5.37. The van der Waals surface area contributed by atoms with Gasteiger partial charge in [-0.25, -0.2) is 0 Å². The highest BCUT2D eigenvalue weighted by atomic mass is 35.5. The number of aliphatic hydroxyl groups excluding tert-OH is 1. The third-order valence-corrected chi connectivity index (χ3v) is 5.17. The Bertz CT molecular complexity index is 947. The molecule has 5 heteroatoms. The maximum Gasteiger partial charge on any atom is 0.119 e. The van der Waals surface area contributed by atoms with Crippen LogP contribution in [-0.4, -0.2) is 24.2 Å². The van der Waals surface area contributed by atoms with Crippen LogP contribution in [0.2, 0.25) is 10.0 Å². The molecule has 0 radical (unpaired) electrons. The summed E-state index contributed by atoms with van der Waals surface area (Å²) in [5, 5.41) is 10.3. The third kappa shape index (κ3) is 5.77. The number of alkyl halides is 1. The minimum atomic E-state index is -0.0197. The van der Waals surface area contributed by atoms with Gasteiger partial charge in [-0.3, -0.25) is 0 Å². The van der Waals surface area contributed by atoms with Gasteiger partial charge in [0.1, 0.15) is 12.4 Å². The molecule has 0 saturated carbocycles. The van der Waals surface area contributed by atoms with Crippen molar-refractivity contribution in [1.82, 2.24) is 0 Å². The van der Waals surface area contributed by atoms with Crippen LogP contribution in [-0.2, 0) is 0 Å². The summed E-state index contributed by atoms with van der Waals surface area (Å²) in [6.07, 6.45) is 0.698. The number of allylic oxidation sites excluding steroid dienone is 1. The zero-order valence-corrected chi connectivity index (χ0v) is 18.0. The molecule has 0 spiro atoms. The summed E-state index contributed by atoms with van der Waals surface area (Å²) in [6, 6.07) is 23.4. The van der Waals surface area contributed by atoms with Crippen LogP contribution >= 0.6 is 34.8 Å². The molecule has 0 aliphatic heterocycles. The van der Waals surface area contributed by atoms with Crippen molar-refractivity contribution < 1.29 is 9.84 Å². The fourth-order valence-electron chi connectivity index (χ4n) is 3.17. The highest BCUT2D eigenvalue weighted by molar-refractivity contribution is 6.31. The summed E-state index contributed by atoms with van der Waals surface area (Å²) in [5.74, 6) is 1.20. The lowest BCUT2D eigenvalue weighted by Crippen LogP contribution is -2.01. The average molecular weight is 448 g/mol. The number of halogens is 3. The molecule has 1 N–H and O–H groups in total. The van der Waals surface area contributed by atoms with Crippen LogP contribution < -0.4 is 4.74 Å². The van der Waals surface area contributed by atoms with Gasteiger partial charge >= 0.3 is 0 Å². The van der Waals surface area contributed by atoms with Gasteiger partial charge in [0, 0.05) is 15.9 Å².